The van der Waals surface area contributed by atoms with Gasteiger partial charge in [-0.15, -0.1) is 0 Å². The Balaban J connectivity index is 1.62. The van der Waals surface area contributed by atoms with Gasteiger partial charge < -0.3 is 10.0 Å². The van der Waals surface area contributed by atoms with Crippen molar-refractivity contribution in [3.8, 4) is 5.75 Å². The largest absolute Gasteiger partial charge is 0.508 e. The third kappa shape index (κ3) is 6.03. The Labute approximate surface area is 213 Å². The van der Waals surface area contributed by atoms with Crippen molar-refractivity contribution in [3.05, 3.63) is 93.2 Å². The predicted octanol–water partition coefficient (Wildman–Crippen LogP) is 6.81. The molecule has 1 N–H and O–H groups in total. The van der Waals surface area contributed by atoms with E-state index in [9.17, 15) is 9.90 Å². The summed E-state index contributed by atoms with van der Waals surface area (Å²) >= 11 is 1.75. The highest BCUT2D eigenvalue weighted by Crippen LogP contribution is 2.34. The van der Waals surface area contributed by atoms with E-state index >= 15 is 0 Å². The molecule has 1 aromatic heterocycles. The summed E-state index contributed by atoms with van der Waals surface area (Å²) in [5, 5.41) is 14.6. The van der Waals surface area contributed by atoms with E-state index in [-0.39, 0.29) is 23.7 Å². The zero-order valence-electron chi connectivity index (χ0n) is 21.2. The molecule has 1 saturated heterocycles. The average Bonchev–Trinajstić information content (AvgIpc) is 3.33. The van der Waals surface area contributed by atoms with Gasteiger partial charge in [-0.3, -0.25) is 9.69 Å². The minimum atomic E-state index is 0.0647. The van der Waals surface area contributed by atoms with Gasteiger partial charge in [0.25, 0.3) is 5.91 Å². The van der Waals surface area contributed by atoms with Crippen molar-refractivity contribution in [2.75, 3.05) is 13.1 Å². The number of benzene rings is 2. The van der Waals surface area contributed by atoms with E-state index in [1.165, 1.54) is 16.7 Å². The van der Waals surface area contributed by atoms with Gasteiger partial charge in [0.05, 0.1) is 0 Å². The standard InChI is InChI=1S/C30H36N2O2S/c1-21(2)32(22(3)4)30(34)26-10-8-24(9-11-26)29(27-6-5-7-28(33)18-27)25-12-15-31(16-13-25)19-23-14-17-35-20-23/h5-11,14,17-18,20-22,33H,12-13,15-16,19H2,1-4H3. The summed E-state index contributed by atoms with van der Waals surface area (Å²) in [6.45, 7) is 11.3. The first-order valence-corrected chi connectivity index (χ1v) is 13.5. The molecule has 0 atom stereocenters. The molecule has 0 unspecified atom stereocenters. The van der Waals surface area contributed by atoms with Gasteiger partial charge in [0, 0.05) is 37.3 Å². The van der Waals surface area contributed by atoms with E-state index in [1.54, 1.807) is 17.4 Å². The van der Waals surface area contributed by atoms with Gasteiger partial charge in [-0.25, -0.2) is 0 Å². The topological polar surface area (TPSA) is 43.8 Å². The molecule has 3 aromatic rings. The van der Waals surface area contributed by atoms with Gasteiger partial charge in [0.15, 0.2) is 0 Å². The van der Waals surface area contributed by atoms with Crippen LogP contribution in [0.1, 0.15) is 67.6 Å². The van der Waals surface area contributed by atoms with Crippen molar-refractivity contribution in [3.63, 3.8) is 0 Å². The highest BCUT2D eigenvalue weighted by atomic mass is 32.1. The Bertz CT molecular complexity index is 1150. The molecular weight excluding hydrogens is 452 g/mol. The van der Waals surface area contributed by atoms with Crippen LogP contribution in [0.4, 0.5) is 0 Å². The Hall–Kier alpha value is -2.89. The Morgan fingerprint density at radius 2 is 1.60 bits per heavy atom. The maximum absolute atomic E-state index is 13.2. The number of rotatable bonds is 7. The van der Waals surface area contributed by atoms with Crippen molar-refractivity contribution < 1.29 is 9.90 Å². The van der Waals surface area contributed by atoms with E-state index in [2.05, 4.69) is 67.6 Å². The number of hydrogen-bond acceptors (Lipinski definition) is 4. The van der Waals surface area contributed by atoms with Crippen molar-refractivity contribution in [1.29, 1.82) is 0 Å². The molecule has 4 nitrogen and oxygen atoms in total. The average molecular weight is 489 g/mol. The minimum Gasteiger partial charge on any atom is -0.508 e. The lowest BCUT2D eigenvalue weighted by Gasteiger charge is -2.31. The lowest BCUT2D eigenvalue weighted by Crippen LogP contribution is -2.42. The third-order valence-corrected chi connectivity index (χ3v) is 7.43. The highest BCUT2D eigenvalue weighted by Gasteiger charge is 2.23. The van der Waals surface area contributed by atoms with Crippen LogP contribution in [0.5, 0.6) is 5.75 Å². The summed E-state index contributed by atoms with van der Waals surface area (Å²) in [6, 6.07) is 18.0. The summed E-state index contributed by atoms with van der Waals surface area (Å²) in [4.78, 5) is 17.6. The Kier molecular flexibility index (Phi) is 8.09. The van der Waals surface area contributed by atoms with Gasteiger partial charge >= 0.3 is 0 Å². The molecule has 0 radical (unpaired) electrons. The number of nitrogens with zero attached hydrogens (tertiary/aromatic N) is 2. The first-order valence-electron chi connectivity index (χ1n) is 12.5. The Morgan fingerprint density at radius 3 is 2.17 bits per heavy atom. The molecule has 184 valence electrons. The van der Waals surface area contributed by atoms with E-state index in [0.29, 0.717) is 5.56 Å². The normalized spacial score (nSPS) is 14.5. The van der Waals surface area contributed by atoms with Gasteiger partial charge in [-0.1, -0.05) is 29.8 Å². The fourth-order valence-corrected chi connectivity index (χ4v) is 5.76. The molecular formula is C30H36N2O2S. The molecule has 0 aliphatic carbocycles. The molecule has 4 rings (SSSR count). The van der Waals surface area contributed by atoms with Gasteiger partial charge in [0.2, 0.25) is 0 Å². The first kappa shape index (κ1) is 25.2. The minimum absolute atomic E-state index is 0.0647. The molecule has 0 spiro atoms. The van der Waals surface area contributed by atoms with Crippen LogP contribution in [-0.4, -0.2) is 46.0 Å². The first-order chi connectivity index (χ1) is 16.8. The highest BCUT2D eigenvalue weighted by molar-refractivity contribution is 7.07. The maximum atomic E-state index is 13.2. The number of amides is 1. The zero-order valence-corrected chi connectivity index (χ0v) is 22.0. The van der Waals surface area contributed by atoms with Crippen LogP contribution in [0.15, 0.2) is 70.9 Å². The number of phenols is 1. The molecule has 0 saturated carbocycles. The van der Waals surface area contributed by atoms with Gasteiger partial charge in [-0.05, 0) is 104 Å². The molecule has 0 bridgehead atoms. The lowest BCUT2D eigenvalue weighted by molar-refractivity contribution is 0.0643. The molecule has 2 aromatic carbocycles. The molecule has 1 aliphatic rings. The SMILES string of the molecule is CC(C)N(C(=O)c1ccc(C(=C2CCN(Cc3ccsc3)CC2)c2cccc(O)c2)cc1)C(C)C. The van der Waals surface area contributed by atoms with Crippen molar-refractivity contribution >= 4 is 22.8 Å². The second kappa shape index (κ2) is 11.2. The molecule has 1 aliphatic heterocycles. The molecule has 1 amide bonds. The van der Waals surface area contributed by atoms with Crippen LogP contribution in [-0.2, 0) is 6.54 Å². The second-order valence-corrected chi connectivity index (χ2v) is 10.7. The number of phenolic OH excluding ortho intramolecular Hbond substituents is 1. The quantitative estimate of drug-likeness (QED) is 0.397. The summed E-state index contributed by atoms with van der Waals surface area (Å²) in [5.41, 5.74) is 6.79. The van der Waals surface area contributed by atoms with E-state index in [4.69, 9.17) is 0 Å². The fourth-order valence-electron chi connectivity index (χ4n) is 5.10. The summed E-state index contributed by atoms with van der Waals surface area (Å²) < 4.78 is 0. The van der Waals surface area contributed by atoms with Gasteiger partial charge in [-0.2, -0.15) is 11.3 Å². The zero-order chi connectivity index (χ0) is 24.9. The van der Waals surface area contributed by atoms with Crippen LogP contribution in [0.25, 0.3) is 5.57 Å². The van der Waals surface area contributed by atoms with E-state index < -0.39 is 0 Å². The summed E-state index contributed by atoms with van der Waals surface area (Å²) in [6.07, 6.45) is 1.98. The van der Waals surface area contributed by atoms with Crippen LogP contribution < -0.4 is 0 Å². The molecule has 1 fully saturated rings. The summed E-state index contributed by atoms with van der Waals surface area (Å²) in [5.74, 6) is 0.335. The van der Waals surface area contributed by atoms with Gasteiger partial charge in [0.1, 0.15) is 5.75 Å². The molecule has 2 heterocycles. The van der Waals surface area contributed by atoms with Crippen LogP contribution in [0, 0.1) is 0 Å². The van der Waals surface area contributed by atoms with Crippen LogP contribution >= 0.6 is 11.3 Å². The van der Waals surface area contributed by atoms with Crippen LogP contribution in [0.3, 0.4) is 0 Å². The number of hydrogen-bond donors (Lipinski definition) is 1. The number of likely N-dealkylation sites (tertiary alicyclic amines) is 1. The predicted molar refractivity (Wildman–Crippen MR) is 146 cm³/mol. The van der Waals surface area contributed by atoms with Crippen LogP contribution in [0.2, 0.25) is 0 Å². The van der Waals surface area contributed by atoms with E-state index in [1.807, 2.05) is 29.2 Å². The fraction of sp³-hybridized carbons (Fsp3) is 0.367. The number of piperidine rings is 1. The van der Waals surface area contributed by atoms with E-state index in [0.717, 1.165) is 43.6 Å². The molecule has 35 heavy (non-hydrogen) atoms. The van der Waals surface area contributed by atoms with Crippen molar-refractivity contribution in [2.24, 2.45) is 0 Å². The van der Waals surface area contributed by atoms with Crippen molar-refractivity contribution in [1.82, 2.24) is 9.80 Å². The monoisotopic (exact) mass is 488 g/mol. The second-order valence-electron chi connectivity index (χ2n) is 9.91. The lowest BCUT2D eigenvalue weighted by atomic mass is 9.88. The number of thiophene rings is 1. The Morgan fingerprint density at radius 1 is 0.943 bits per heavy atom. The number of carbonyl (C=O) groups is 1. The smallest absolute Gasteiger partial charge is 0.254 e. The number of carbonyl (C=O) groups excluding carboxylic acids is 1. The summed E-state index contributed by atoms with van der Waals surface area (Å²) in [7, 11) is 0. The maximum Gasteiger partial charge on any atom is 0.254 e. The third-order valence-electron chi connectivity index (χ3n) is 6.70. The van der Waals surface area contributed by atoms with Crippen molar-refractivity contribution in [2.45, 2.75) is 59.2 Å². The molecule has 5 heteroatoms. The number of aromatic hydroxyl groups is 1.